The van der Waals surface area contributed by atoms with E-state index in [1.165, 1.54) is 0 Å². The van der Waals surface area contributed by atoms with E-state index in [0.717, 1.165) is 30.2 Å². The molecule has 0 radical (unpaired) electrons. The van der Waals surface area contributed by atoms with Crippen molar-refractivity contribution in [3.8, 4) is 17.2 Å². The van der Waals surface area contributed by atoms with Gasteiger partial charge in [0.25, 0.3) is 0 Å². The molecule has 5 heteroatoms. The Morgan fingerprint density at radius 3 is 2.43 bits per heavy atom. The summed E-state index contributed by atoms with van der Waals surface area (Å²) in [6.45, 7) is 3.83. The highest BCUT2D eigenvalue weighted by molar-refractivity contribution is 5.36. The number of halogens is 1. The molecule has 1 unspecified atom stereocenters. The van der Waals surface area contributed by atoms with Crippen LogP contribution in [0.25, 0.3) is 0 Å². The molecule has 0 saturated heterocycles. The number of ether oxygens (including phenoxy) is 2. The first kappa shape index (κ1) is 19.3. The van der Waals surface area contributed by atoms with Crippen LogP contribution in [0.5, 0.6) is 17.2 Å². The third-order valence-corrected chi connectivity index (χ3v) is 2.99. The monoisotopic (exact) mass is 336 g/mol. The van der Waals surface area contributed by atoms with E-state index < -0.39 is 0 Å². The van der Waals surface area contributed by atoms with Crippen molar-refractivity contribution in [2.75, 3.05) is 19.7 Å². The zero-order valence-electron chi connectivity index (χ0n) is 13.2. The van der Waals surface area contributed by atoms with Crippen molar-refractivity contribution in [1.29, 1.82) is 0 Å². The number of rotatable bonds is 9. The molecule has 0 aliphatic carbocycles. The highest BCUT2D eigenvalue weighted by Crippen LogP contribution is 2.24. The van der Waals surface area contributed by atoms with Crippen LogP contribution in [0.2, 0.25) is 0 Å². The zero-order chi connectivity index (χ0) is 15.6. The minimum Gasteiger partial charge on any atom is -1.00 e. The highest BCUT2D eigenvalue weighted by Gasteiger charge is 2.00. The Balaban J connectivity index is 0.00000264. The molecule has 0 amide bonds. The fraction of sp³-hybridized carbons (Fsp3) is 0.333. The fourth-order valence-electron chi connectivity index (χ4n) is 1.95. The van der Waals surface area contributed by atoms with Crippen molar-refractivity contribution in [3.63, 3.8) is 0 Å². The Hall–Kier alpha value is -1.75. The fourth-order valence-corrected chi connectivity index (χ4v) is 1.95. The van der Waals surface area contributed by atoms with Crippen molar-refractivity contribution < 1.29 is 27.0 Å². The molecule has 0 saturated carbocycles. The lowest BCUT2D eigenvalue weighted by Gasteiger charge is -2.10. The summed E-state index contributed by atoms with van der Waals surface area (Å²) in [6.07, 6.45) is 0.573. The molecule has 2 aromatic carbocycles. The molecule has 2 N–H and O–H groups in total. The average Bonchev–Trinajstić information content (AvgIpc) is 2.52. The predicted octanol–water partition coefficient (Wildman–Crippen LogP) is 0.222. The number of hydrogen-bond donors (Lipinski definition) is 2. The van der Waals surface area contributed by atoms with Gasteiger partial charge >= 0.3 is 0 Å². The number of nitrogens with one attached hydrogen (secondary N) is 1. The molecule has 2 aromatic rings. The molecule has 0 aliphatic heterocycles. The van der Waals surface area contributed by atoms with E-state index in [2.05, 4.69) is 5.32 Å². The van der Waals surface area contributed by atoms with Gasteiger partial charge in [0.15, 0.2) is 0 Å². The smallest absolute Gasteiger partial charge is 0.131 e. The Morgan fingerprint density at radius 2 is 1.70 bits per heavy atom. The molecule has 0 heterocycles. The number of benzene rings is 2. The van der Waals surface area contributed by atoms with Crippen LogP contribution in [0.15, 0.2) is 54.6 Å². The predicted molar refractivity (Wildman–Crippen MR) is 87.6 cm³/mol. The quantitative estimate of drug-likeness (QED) is 0.643. The minimum atomic E-state index is -0.312. The SMILES string of the molecule is CC(O)CNCCCOc1cccc(Oc2ccccc2)c1.[Cl-]. The lowest BCUT2D eigenvalue weighted by molar-refractivity contribution is -0.00000769. The van der Waals surface area contributed by atoms with Crippen molar-refractivity contribution in [2.24, 2.45) is 0 Å². The molecule has 23 heavy (non-hydrogen) atoms. The Morgan fingerprint density at radius 1 is 1.00 bits per heavy atom. The van der Waals surface area contributed by atoms with E-state index in [4.69, 9.17) is 14.6 Å². The summed E-state index contributed by atoms with van der Waals surface area (Å²) in [7, 11) is 0. The van der Waals surface area contributed by atoms with E-state index in [1.807, 2.05) is 54.6 Å². The normalized spacial score (nSPS) is 11.4. The molecule has 2 rings (SSSR count). The Kier molecular flexibility index (Phi) is 9.14. The Labute approximate surface area is 143 Å². The summed E-state index contributed by atoms with van der Waals surface area (Å²) >= 11 is 0. The maximum absolute atomic E-state index is 9.13. The summed E-state index contributed by atoms with van der Waals surface area (Å²) in [5.74, 6) is 2.36. The molecule has 0 aliphatic rings. The van der Waals surface area contributed by atoms with Gasteiger partial charge in [-0.25, -0.2) is 0 Å². The maximum atomic E-state index is 9.13. The van der Waals surface area contributed by atoms with Gasteiger partial charge in [0, 0.05) is 12.6 Å². The zero-order valence-corrected chi connectivity index (χ0v) is 14.0. The molecular weight excluding hydrogens is 314 g/mol. The van der Waals surface area contributed by atoms with Crippen molar-refractivity contribution in [2.45, 2.75) is 19.4 Å². The second kappa shape index (κ2) is 10.9. The highest BCUT2D eigenvalue weighted by atomic mass is 35.5. The van der Waals surface area contributed by atoms with Gasteiger partial charge in [-0.05, 0) is 44.2 Å². The lowest BCUT2D eigenvalue weighted by Crippen LogP contribution is -3.00. The van der Waals surface area contributed by atoms with Gasteiger partial charge in [0.1, 0.15) is 17.2 Å². The summed E-state index contributed by atoms with van der Waals surface area (Å²) < 4.78 is 11.5. The number of para-hydroxylation sites is 1. The van der Waals surface area contributed by atoms with Gasteiger partial charge < -0.3 is 32.3 Å². The standard InChI is InChI=1S/C18H23NO3.ClH/c1-15(20)14-19-11-6-12-21-17-9-5-10-18(13-17)22-16-7-3-2-4-8-16;/h2-5,7-10,13,15,19-20H,6,11-12,14H2,1H3;1H/p-1. The molecule has 126 valence electrons. The number of hydrogen-bond acceptors (Lipinski definition) is 4. The molecular formula is C18H23ClNO3-. The Bertz CT molecular complexity index is 549. The van der Waals surface area contributed by atoms with Gasteiger partial charge in [-0.3, -0.25) is 0 Å². The maximum Gasteiger partial charge on any atom is 0.131 e. The molecule has 0 aromatic heterocycles. The molecule has 0 spiro atoms. The number of aliphatic hydroxyl groups excluding tert-OH is 1. The summed E-state index contributed by atoms with van der Waals surface area (Å²) in [5, 5.41) is 12.3. The van der Waals surface area contributed by atoms with Crippen molar-refractivity contribution in [1.82, 2.24) is 5.32 Å². The van der Waals surface area contributed by atoms with Crippen LogP contribution in [0.4, 0.5) is 0 Å². The molecule has 4 nitrogen and oxygen atoms in total. The molecule has 0 fully saturated rings. The van der Waals surface area contributed by atoms with Gasteiger partial charge in [-0.2, -0.15) is 0 Å². The second-order valence-electron chi connectivity index (χ2n) is 5.15. The first-order chi connectivity index (χ1) is 10.7. The van der Waals surface area contributed by atoms with Gasteiger partial charge in [-0.15, -0.1) is 0 Å². The van der Waals surface area contributed by atoms with Gasteiger partial charge in [-0.1, -0.05) is 24.3 Å². The molecule has 1 atom stereocenters. The largest absolute Gasteiger partial charge is 1.00 e. The van der Waals surface area contributed by atoms with E-state index in [-0.39, 0.29) is 18.5 Å². The summed E-state index contributed by atoms with van der Waals surface area (Å²) in [4.78, 5) is 0. The minimum absolute atomic E-state index is 0. The lowest BCUT2D eigenvalue weighted by atomic mass is 10.3. The van der Waals surface area contributed by atoms with Crippen LogP contribution >= 0.6 is 0 Å². The first-order valence-corrected chi connectivity index (χ1v) is 7.58. The van der Waals surface area contributed by atoms with Crippen molar-refractivity contribution in [3.05, 3.63) is 54.6 Å². The van der Waals surface area contributed by atoms with Crippen LogP contribution in [0.1, 0.15) is 13.3 Å². The molecule has 0 bridgehead atoms. The van der Waals surface area contributed by atoms with Gasteiger partial charge in [0.2, 0.25) is 0 Å². The topological polar surface area (TPSA) is 50.7 Å². The summed E-state index contributed by atoms with van der Waals surface area (Å²) in [6, 6.07) is 17.3. The first-order valence-electron chi connectivity index (χ1n) is 7.58. The number of aliphatic hydroxyl groups is 1. The van der Waals surface area contributed by atoms with Gasteiger partial charge in [0.05, 0.1) is 12.7 Å². The van der Waals surface area contributed by atoms with Crippen LogP contribution < -0.4 is 27.2 Å². The van der Waals surface area contributed by atoms with E-state index >= 15 is 0 Å². The van der Waals surface area contributed by atoms with E-state index in [1.54, 1.807) is 6.92 Å². The third kappa shape index (κ3) is 7.88. The average molecular weight is 337 g/mol. The van der Waals surface area contributed by atoms with E-state index in [0.29, 0.717) is 13.2 Å². The summed E-state index contributed by atoms with van der Waals surface area (Å²) in [5.41, 5.74) is 0. The third-order valence-electron chi connectivity index (χ3n) is 2.99. The van der Waals surface area contributed by atoms with Crippen LogP contribution in [-0.2, 0) is 0 Å². The van der Waals surface area contributed by atoms with Crippen LogP contribution in [0, 0.1) is 0 Å². The van der Waals surface area contributed by atoms with Crippen molar-refractivity contribution >= 4 is 0 Å². The van der Waals surface area contributed by atoms with Crippen LogP contribution in [-0.4, -0.2) is 30.9 Å². The second-order valence-corrected chi connectivity index (χ2v) is 5.15. The van der Waals surface area contributed by atoms with Crippen LogP contribution in [0.3, 0.4) is 0 Å². The van der Waals surface area contributed by atoms with E-state index in [9.17, 15) is 0 Å².